The minimum atomic E-state index is 1.11. The lowest BCUT2D eigenvalue weighted by molar-refractivity contribution is 1.28. The van der Waals surface area contributed by atoms with Crippen molar-refractivity contribution in [2.45, 2.75) is 0 Å². The third kappa shape index (κ3) is 5.51. The van der Waals surface area contributed by atoms with E-state index in [4.69, 9.17) is 0 Å². The molecule has 0 aliphatic carbocycles. The Balaban J connectivity index is 1.07. The molecule has 0 aliphatic heterocycles. The molecule has 9 aromatic carbocycles. The van der Waals surface area contributed by atoms with Crippen LogP contribution in [0.15, 0.2) is 200 Å². The van der Waals surface area contributed by atoms with Gasteiger partial charge in [-0.15, -0.1) is 22.7 Å². The molecule has 0 bridgehead atoms. The summed E-state index contributed by atoms with van der Waals surface area (Å²) in [5.41, 5.74) is 10.7. The van der Waals surface area contributed by atoms with Crippen LogP contribution in [0.25, 0.3) is 84.5 Å². The SMILES string of the molecule is c1cc(-c2ccc3ccccc3c2)cc(N(c2ccc(-c3cccc4sc5ccccc5c34)cc2)c2cccc(-c3cccc4sc5ccccc5c34)c2)c1. The number of fused-ring (bicyclic) bond motifs is 7. The Hall–Kier alpha value is -6.52. The Bertz CT molecular complexity index is 3220. The van der Waals surface area contributed by atoms with Crippen molar-refractivity contribution in [3.8, 4) is 33.4 Å². The molecule has 0 radical (unpaired) electrons. The smallest absolute Gasteiger partial charge is 0.0467 e. The minimum Gasteiger partial charge on any atom is -0.310 e. The van der Waals surface area contributed by atoms with Gasteiger partial charge < -0.3 is 4.90 Å². The molecule has 258 valence electrons. The molecule has 1 nitrogen and oxygen atoms in total. The van der Waals surface area contributed by atoms with Crippen LogP contribution in [0.4, 0.5) is 17.1 Å². The van der Waals surface area contributed by atoms with Gasteiger partial charge in [-0.25, -0.2) is 0 Å². The number of nitrogens with zero attached hydrogens (tertiary/aromatic N) is 1. The summed E-state index contributed by atoms with van der Waals surface area (Å²) >= 11 is 3.73. The van der Waals surface area contributed by atoms with Gasteiger partial charge in [-0.1, -0.05) is 133 Å². The second-order valence-corrected chi connectivity index (χ2v) is 16.3. The number of benzene rings is 9. The molecule has 0 amide bonds. The standard InChI is InChI=1S/C52H33NS2/c1-2-12-36-31-38(26-25-34(36)11-1)37-13-7-15-41(32-37)53(40-29-27-35(28-30-40)43-19-9-23-49-51(43)45-17-3-5-21-47(45)54-49)42-16-8-14-39(33-42)44-20-10-24-50-52(44)46-18-4-6-22-48(46)55-50/h1-33H. The van der Waals surface area contributed by atoms with E-state index < -0.39 is 0 Å². The van der Waals surface area contributed by atoms with Gasteiger partial charge in [-0.3, -0.25) is 0 Å². The first-order valence-corrected chi connectivity index (χ1v) is 20.3. The fraction of sp³-hybridized carbons (Fsp3) is 0. The molecule has 11 aromatic rings. The van der Waals surface area contributed by atoms with E-state index in [0.29, 0.717) is 0 Å². The fourth-order valence-corrected chi connectivity index (χ4v) is 10.5. The monoisotopic (exact) mass is 735 g/mol. The van der Waals surface area contributed by atoms with E-state index in [-0.39, 0.29) is 0 Å². The maximum absolute atomic E-state index is 2.41. The number of thiophene rings is 2. The molecule has 2 heterocycles. The fourth-order valence-electron chi connectivity index (χ4n) is 8.27. The summed E-state index contributed by atoms with van der Waals surface area (Å²) in [5.74, 6) is 0. The van der Waals surface area contributed by atoms with Gasteiger partial charge in [0.1, 0.15) is 0 Å². The summed E-state index contributed by atoms with van der Waals surface area (Å²) in [4.78, 5) is 2.41. The van der Waals surface area contributed by atoms with Gasteiger partial charge in [0, 0.05) is 57.4 Å². The summed E-state index contributed by atoms with van der Waals surface area (Å²) < 4.78 is 5.28. The Morgan fingerprint density at radius 1 is 0.291 bits per heavy atom. The molecular formula is C52H33NS2. The van der Waals surface area contributed by atoms with Crippen LogP contribution in [-0.2, 0) is 0 Å². The third-order valence-electron chi connectivity index (χ3n) is 10.8. The predicted molar refractivity (Wildman–Crippen MR) is 241 cm³/mol. The molecular weight excluding hydrogens is 703 g/mol. The Morgan fingerprint density at radius 2 is 0.782 bits per heavy atom. The maximum atomic E-state index is 2.41. The van der Waals surface area contributed by atoms with E-state index in [2.05, 4.69) is 205 Å². The van der Waals surface area contributed by atoms with Crippen LogP contribution in [0, 0.1) is 0 Å². The number of anilines is 3. The van der Waals surface area contributed by atoms with E-state index in [1.54, 1.807) is 0 Å². The second-order valence-electron chi connectivity index (χ2n) is 14.1. The quantitative estimate of drug-likeness (QED) is 0.164. The van der Waals surface area contributed by atoms with Crippen molar-refractivity contribution in [2.75, 3.05) is 4.90 Å². The highest BCUT2D eigenvalue weighted by Crippen LogP contribution is 2.44. The predicted octanol–water partition coefficient (Wildman–Crippen LogP) is 16.0. The van der Waals surface area contributed by atoms with E-state index in [1.165, 1.54) is 84.5 Å². The van der Waals surface area contributed by atoms with Crippen molar-refractivity contribution in [2.24, 2.45) is 0 Å². The highest BCUT2D eigenvalue weighted by atomic mass is 32.1. The molecule has 0 N–H and O–H groups in total. The zero-order valence-electron chi connectivity index (χ0n) is 29.8. The summed E-state index contributed by atoms with van der Waals surface area (Å²) in [6.45, 7) is 0. The second kappa shape index (κ2) is 13.1. The van der Waals surface area contributed by atoms with Crippen LogP contribution in [0.1, 0.15) is 0 Å². The molecule has 0 saturated heterocycles. The average molecular weight is 736 g/mol. The van der Waals surface area contributed by atoms with Crippen LogP contribution >= 0.6 is 22.7 Å². The Morgan fingerprint density at radius 3 is 1.45 bits per heavy atom. The lowest BCUT2D eigenvalue weighted by Gasteiger charge is -2.27. The molecule has 0 spiro atoms. The topological polar surface area (TPSA) is 3.24 Å². The molecule has 55 heavy (non-hydrogen) atoms. The van der Waals surface area contributed by atoms with Crippen LogP contribution < -0.4 is 4.90 Å². The highest BCUT2D eigenvalue weighted by Gasteiger charge is 2.18. The van der Waals surface area contributed by atoms with Crippen molar-refractivity contribution in [3.05, 3.63) is 200 Å². The molecule has 3 heteroatoms. The van der Waals surface area contributed by atoms with Gasteiger partial charge in [-0.2, -0.15) is 0 Å². The first-order chi connectivity index (χ1) is 27.2. The third-order valence-corrected chi connectivity index (χ3v) is 13.1. The number of rotatable bonds is 6. The van der Waals surface area contributed by atoms with Crippen molar-refractivity contribution >= 4 is 90.9 Å². The van der Waals surface area contributed by atoms with Gasteiger partial charge in [0.2, 0.25) is 0 Å². The molecule has 0 unspecified atom stereocenters. The van der Waals surface area contributed by atoms with Gasteiger partial charge in [0.15, 0.2) is 0 Å². The molecule has 0 aliphatic rings. The maximum Gasteiger partial charge on any atom is 0.0467 e. The Labute approximate surface area is 327 Å². The largest absolute Gasteiger partial charge is 0.310 e. The summed E-state index contributed by atoms with van der Waals surface area (Å²) in [6.07, 6.45) is 0. The van der Waals surface area contributed by atoms with Crippen LogP contribution in [0.3, 0.4) is 0 Å². The highest BCUT2D eigenvalue weighted by molar-refractivity contribution is 7.26. The first-order valence-electron chi connectivity index (χ1n) is 18.7. The van der Waals surface area contributed by atoms with Crippen molar-refractivity contribution in [1.29, 1.82) is 0 Å². The normalized spacial score (nSPS) is 11.6. The van der Waals surface area contributed by atoms with E-state index >= 15 is 0 Å². The molecule has 0 saturated carbocycles. The first kappa shape index (κ1) is 32.0. The minimum absolute atomic E-state index is 1.11. The van der Waals surface area contributed by atoms with Crippen LogP contribution in [0.5, 0.6) is 0 Å². The van der Waals surface area contributed by atoms with Gasteiger partial charge in [0.05, 0.1) is 0 Å². The van der Waals surface area contributed by atoms with Crippen molar-refractivity contribution in [3.63, 3.8) is 0 Å². The zero-order valence-corrected chi connectivity index (χ0v) is 31.4. The number of hydrogen-bond acceptors (Lipinski definition) is 3. The van der Waals surface area contributed by atoms with E-state index in [9.17, 15) is 0 Å². The molecule has 0 fully saturated rings. The number of hydrogen-bond donors (Lipinski definition) is 0. The molecule has 2 aromatic heterocycles. The lowest BCUT2D eigenvalue weighted by atomic mass is 9.97. The van der Waals surface area contributed by atoms with Crippen LogP contribution in [0.2, 0.25) is 0 Å². The lowest BCUT2D eigenvalue weighted by Crippen LogP contribution is -2.10. The molecule has 11 rings (SSSR count). The van der Waals surface area contributed by atoms with E-state index in [1.807, 2.05) is 22.7 Å². The van der Waals surface area contributed by atoms with Crippen LogP contribution in [-0.4, -0.2) is 0 Å². The average Bonchev–Trinajstić information content (AvgIpc) is 3.83. The van der Waals surface area contributed by atoms with E-state index in [0.717, 1.165) is 17.1 Å². The summed E-state index contributed by atoms with van der Waals surface area (Å²) in [6, 6.07) is 73.5. The summed E-state index contributed by atoms with van der Waals surface area (Å²) in [7, 11) is 0. The molecule has 0 atom stereocenters. The van der Waals surface area contributed by atoms with Gasteiger partial charge >= 0.3 is 0 Å². The Kier molecular flexibility index (Phi) is 7.61. The zero-order chi connectivity index (χ0) is 36.3. The van der Waals surface area contributed by atoms with Gasteiger partial charge in [-0.05, 0) is 111 Å². The summed E-state index contributed by atoms with van der Waals surface area (Å²) in [5, 5.41) is 7.78. The van der Waals surface area contributed by atoms with Crippen molar-refractivity contribution < 1.29 is 0 Å². The van der Waals surface area contributed by atoms with Gasteiger partial charge in [0.25, 0.3) is 0 Å². The van der Waals surface area contributed by atoms with Crippen molar-refractivity contribution in [1.82, 2.24) is 0 Å².